The van der Waals surface area contributed by atoms with Crippen molar-refractivity contribution in [2.24, 2.45) is 0 Å². The lowest BCUT2D eigenvalue weighted by Gasteiger charge is -2.34. The Hall–Kier alpha value is -3.85. The molecule has 4 aromatic rings. The van der Waals surface area contributed by atoms with E-state index in [2.05, 4.69) is 5.32 Å². The molecule has 0 aliphatic heterocycles. The standard InChI is InChI=1S/C34H35Cl2N3O4S/c1-4-37-34(41)32(21-26-13-7-5-8-14-26)38(22-27-18-19-29(35)30(36)20-27)33(40)23-39(31-17-11-12-24(2)25(31)3)44(42,43)28-15-9-6-10-16-28/h5-20,32H,4,21-23H2,1-3H3,(H,37,41)/t32-/m1/s1. The molecular weight excluding hydrogens is 617 g/mol. The Morgan fingerprint density at radius 1 is 0.818 bits per heavy atom. The average molecular weight is 653 g/mol. The third-order valence-electron chi connectivity index (χ3n) is 7.41. The first-order valence-corrected chi connectivity index (χ1v) is 16.4. The van der Waals surface area contributed by atoms with Crippen molar-refractivity contribution >= 4 is 50.7 Å². The fourth-order valence-corrected chi connectivity index (χ4v) is 6.73. The van der Waals surface area contributed by atoms with E-state index in [9.17, 15) is 18.0 Å². The second-order valence-electron chi connectivity index (χ2n) is 10.4. The number of rotatable bonds is 12. The number of hydrogen-bond acceptors (Lipinski definition) is 4. The van der Waals surface area contributed by atoms with Crippen LogP contribution in [0.3, 0.4) is 0 Å². The van der Waals surface area contributed by atoms with Gasteiger partial charge in [-0.05, 0) is 73.4 Å². The number of sulfonamides is 1. The normalized spacial score (nSPS) is 11.9. The number of likely N-dealkylation sites (N-methyl/N-ethyl adjacent to an activating group) is 1. The summed E-state index contributed by atoms with van der Waals surface area (Å²) in [6.07, 6.45) is 0.217. The van der Waals surface area contributed by atoms with Crippen LogP contribution in [0.5, 0.6) is 0 Å². The van der Waals surface area contributed by atoms with Gasteiger partial charge in [-0.1, -0.05) is 89.9 Å². The summed E-state index contributed by atoms with van der Waals surface area (Å²) in [5.41, 5.74) is 3.47. The Bertz CT molecular complexity index is 1720. The van der Waals surface area contributed by atoms with Gasteiger partial charge in [-0.2, -0.15) is 0 Å². The fraction of sp³-hybridized carbons (Fsp3) is 0.235. The van der Waals surface area contributed by atoms with Gasteiger partial charge in [-0.15, -0.1) is 0 Å². The molecule has 0 unspecified atom stereocenters. The minimum atomic E-state index is -4.18. The van der Waals surface area contributed by atoms with E-state index in [0.29, 0.717) is 27.8 Å². The molecule has 1 N–H and O–H groups in total. The third-order valence-corrected chi connectivity index (χ3v) is 9.93. The number of carbonyl (C=O) groups is 2. The zero-order valence-electron chi connectivity index (χ0n) is 24.8. The molecule has 0 aliphatic carbocycles. The van der Waals surface area contributed by atoms with Gasteiger partial charge in [0.2, 0.25) is 11.8 Å². The van der Waals surface area contributed by atoms with Crippen molar-refractivity contribution < 1.29 is 18.0 Å². The lowest BCUT2D eigenvalue weighted by atomic mass is 10.0. The third kappa shape index (κ3) is 7.80. The highest BCUT2D eigenvalue weighted by atomic mass is 35.5. The van der Waals surface area contributed by atoms with Crippen LogP contribution in [-0.2, 0) is 32.6 Å². The maximum absolute atomic E-state index is 14.5. The van der Waals surface area contributed by atoms with Crippen LogP contribution in [0.4, 0.5) is 5.69 Å². The zero-order valence-corrected chi connectivity index (χ0v) is 27.2. The summed E-state index contributed by atoms with van der Waals surface area (Å²) >= 11 is 12.5. The lowest BCUT2D eigenvalue weighted by Crippen LogP contribution is -2.53. The van der Waals surface area contributed by atoms with E-state index in [4.69, 9.17) is 23.2 Å². The molecule has 0 saturated carbocycles. The molecule has 1 atom stereocenters. The van der Waals surface area contributed by atoms with Crippen LogP contribution in [-0.4, -0.2) is 44.3 Å². The number of hydrogen-bond donors (Lipinski definition) is 1. The van der Waals surface area contributed by atoms with Crippen LogP contribution >= 0.6 is 23.2 Å². The molecule has 4 rings (SSSR count). The minimum absolute atomic E-state index is 0.00359. The number of nitrogens with one attached hydrogen (secondary N) is 1. The van der Waals surface area contributed by atoms with E-state index in [1.54, 1.807) is 55.5 Å². The van der Waals surface area contributed by atoms with E-state index in [0.717, 1.165) is 21.0 Å². The van der Waals surface area contributed by atoms with Crippen molar-refractivity contribution in [2.45, 2.75) is 44.7 Å². The summed E-state index contributed by atoms with van der Waals surface area (Å²) < 4.78 is 29.4. The van der Waals surface area contributed by atoms with Gasteiger partial charge in [0.15, 0.2) is 0 Å². The van der Waals surface area contributed by atoms with Gasteiger partial charge in [0.25, 0.3) is 10.0 Å². The molecule has 4 aromatic carbocycles. The van der Waals surface area contributed by atoms with Crippen LogP contribution in [0, 0.1) is 13.8 Å². The van der Waals surface area contributed by atoms with E-state index in [1.807, 2.05) is 50.2 Å². The van der Waals surface area contributed by atoms with Crippen molar-refractivity contribution in [2.75, 3.05) is 17.4 Å². The average Bonchev–Trinajstić information content (AvgIpc) is 3.02. The van der Waals surface area contributed by atoms with Gasteiger partial charge in [0.05, 0.1) is 20.6 Å². The molecule has 0 radical (unpaired) electrons. The SMILES string of the molecule is CCNC(=O)[C@@H](Cc1ccccc1)N(Cc1ccc(Cl)c(Cl)c1)C(=O)CN(c1cccc(C)c1C)S(=O)(=O)c1ccccc1. The summed E-state index contributed by atoms with van der Waals surface area (Å²) in [6, 6.07) is 26.8. The largest absolute Gasteiger partial charge is 0.355 e. The van der Waals surface area contributed by atoms with Crippen LogP contribution in [0.25, 0.3) is 0 Å². The number of anilines is 1. The molecule has 230 valence electrons. The van der Waals surface area contributed by atoms with Gasteiger partial charge < -0.3 is 10.2 Å². The van der Waals surface area contributed by atoms with Crippen molar-refractivity contribution in [3.05, 3.63) is 129 Å². The van der Waals surface area contributed by atoms with Crippen molar-refractivity contribution in [3.63, 3.8) is 0 Å². The van der Waals surface area contributed by atoms with Crippen molar-refractivity contribution in [3.8, 4) is 0 Å². The highest BCUT2D eigenvalue weighted by Gasteiger charge is 2.35. The molecule has 0 aliphatic rings. The van der Waals surface area contributed by atoms with Gasteiger partial charge >= 0.3 is 0 Å². The second-order valence-corrected chi connectivity index (χ2v) is 13.1. The monoisotopic (exact) mass is 651 g/mol. The number of halogens is 2. The molecule has 0 aromatic heterocycles. The number of benzene rings is 4. The Labute approximate surface area is 269 Å². The van der Waals surface area contributed by atoms with Gasteiger partial charge in [0, 0.05) is 19.5 Å². The van der Waals surface area contributed by atoms with Crippen LogP contribution in [0.15, 0.2) is 102 Å². The zero-order chi connectivity index (χ0) is 31.9. The molecule has 2 amide bonds. The highest BCUT2D eigenvalue weighted by molar-refractivity contribution is 7.92. The second kappa shape index (κ2) is 14.8. The number of aryl methyl sites for hydroxylation is 1. The molecule has 7 nitrogen and oxygen atoms in total. The van der Waals surface area contributed by atoms with Gasteiger partial charge in [-0.25, -0.2) is 8.42 Å². The lowest BCUT2D eigenvalue weighted by molar-refractivity contribution is -0.140. The Morgan fingerprint density at radius 2 is 1.48 bits per heavy atom. The predicted octanol–water partition coefficient (Wildman–Crippen LogP) is 6.58. The Balaban J connectivity index is 1.83. The molecule has 44 heavy (non-hydrogen) atoms. The molecule has 0 bridgehead atoms. The number of amides is 2. The Morgan fingerprint density at radius 3 is 2.11 bits per heavy atom. The van der Waals surface area contributed by atoms with E-state index >= 15 is 0 Å². The van der Waals surface area contributed by atoms with Crippen LogP contribution in [0.2, 0.25) is 10.0 Å². The van der Waals surface area contributed by atoms with E-state index in [1.165, 1.54) is 17.0 Å². The number of carbonyl (C=O) groups excluding carboxylic acids is 2. The molecule has 0 fully saturated rings. The summed E-state index contributed by atoms with van der Waals surface area (Å²) in [5.74, 6) is -0.905. The van der Waals surface area contributed by atoms with Crippen molar-refractivity contribution in [1.29, 1.82) is 0 Å². The Kier molecular flexibility index (Phi) is 11.1. The quantitative estimate of drug-likeness (QED) is 0.187. The minimum Gasteiger partial charge on any atom is -0.355 e. The molecule has 0 saturated heterocycles. The molecule has 0 heterocycles. The predicted molar refractivity (Wildman–Crippen MR) is 177 cm³/mol. The summed E-state index contributed by atoms with van der Waals surface area (Å²) in [5, 5.41) is 3.51. The summed E-state index contributed by atoms with van der Waals surface area (Å²) in [7, 11) is -4.18. The number of nitrogens with zero attached hydrogens (tertiary/aromatic N) is 2. The first-order chi connectivity index (χ1) is 21.0. The highest BCUT2D eigenvalue weighted by Crippen LogP contribution is 2.30. The first-order valence-electron chi connectivity index (χ1n) is 14.2. The van der Waals surface area contributed by atoms with Crippen LogP contribution < -0.4 is 9.62 Å². The molecular formula is C34H35Cl2N3O4S. The summed E-state index contributed by atoms with van der Waals surface area (Å²) in [4.78, 5) is 29.5. The topological polar surface area (TPSA) is 86.8 Å². The van der Waals surface area contributed by atoms with Crippen LogP contribution in [0.1, 0.15) is 29.2 Å². The fourth-order valence-electron chi connectivity index (χ4n) is 4.92. The maximum Gasteiger partial charge on any atom is 0.264 e. The van der Waals surface area contributed by atoms with Crippen molar-refractivity contribution in [1.82, 2.24) is 10.2 Å². The first kappa shape index (κ1) is 33.1. The summed E-state index contributed by atoms with van der Waals surface area (Å²) in [6.45, 7) is 5.33. The molecule has 10 heteroatoms. The maximum atomic E-state index is 14.5. The molecule has 0 spiro atoms. The smallest absolute Gasteiger partial charge is 0.264 e. The van der Waals surface area contributed by atoms with Gasteiger partial charge in [-0.3, -0.25) is 13.9 Å². The van der Waals surface area contributed by atoms with E-state index < -0.39 is 28.5 Å². The van der Waals surface area contributed by atoms with Gasteiger partial charge in [0.1, 0.15) is 12.6 Å². The van der Waals surface area contributed by atoms with E-state index in [-0.39, 0.29) is 23.8 Å².